The molecule has 25 heavy (non-hydrogen) atoms. The number of aromatic nitrogens is 1. The molecule has 130 valence electrons. The molecule has 2 aromatic carbocycles. The van der Waals surface area contributed by atoms with Gasteiger partial charge in [0.15, 0.2) is 5.58 Å². The van der Waals surface area contributed by atoms with Gasteiger partial charge in [0.05, 0.1) is 18.5 Å². The van der Waals surface area contributed by atoms with Crippen LogP contribution in [0.3, 0.4) is 0 Å². The van der Waals surface area contributed by atoms with Crippen LogP contribution >= 0.6 is 0 Å². The highest BCUT2D eigenvalue weighted by molar-refractivity contribution is 5.78. The normalized spacial score (nSPS) is 10.8. The number of aromatic amines is 1. The lowest BCUT2D eigenvalue weighted by Gasteiger charge is -2.07. The van der Waals surface area contributed by atoms with Gasteiger partial charge in [-0.3, -0.25) is 9.78 Å². The zero-order valence-electron chi connectivity index (χ0n) is 14.0. The first kappa shape index (κ1) is 16.8. The molecule has 0 fully saturated rings. The molecule has 3 rings (SSSR count). The van der Waals surface area contributed by atoms with E-state index in [1.54, 1.807) is 6.07 Å². The molecule has 2 N–H and O–H groups in total. The first-order chi connectivity index (χ1) is 12.1. The summed E-state index contributed by atoms with van der Waals surface area (Å²) >= 11 is 0. The molecule has 1 aromatic heterocycles. The number of hydrogen-bond acceptors (Lipinski definition) is 4. The number of amides is 1. The second-order valence-electron chi connectivity index (χ2n) is 5.70. The van der Waals surface area contributed by atoms with E-state index in [2.05, 4.69) is 10.3 Å². The number of nitrogens with one attached hydrogen (secondary N) is 2. The Morgan fingerprint density at radius 3 is 2.68 bits per heavy atom. The number of benzene rings is 2. The second kappa shape index (κ2) is 7.70. The standard InChI is InChI=1S/C19H20N2O4/c1-2-24-15-6-3-13(4-7-15)12-18(22)20-10-9-14-5-8-17-16(11-14)21-19(23)25-17/h3-8,11H,2,9-10,12H2,1H3,(H,20,22)(H,21,23). The molecule has 0 bridgehead atoms. The van der Waals surface area contributed by atoms with Gasteiger partial charge in [0.1, 0.15) is 5.75 Å². The summed E-state index contributed by atoms with van der Waals surface area (Å²) in [5.74, 6) is 0.317. The third kappa shape index (κ3) is 4.50. The summed E-state index contributed by atoms with van der Waals surface area (Å²) in [4.78, 5) is 25.8. The van der Waals surface area contributed by atoms with Crippen LogP contribution in [-0.4, -0.2) is 24.0 Å². The molecule has 0 aliphatic heterocycles. The summed E-state index contributed by atoms with van der Waals surface area (Å²) in [5, 5.41) is 2.91. The molecule has 0 aliphatic carbocycles. The van der Waals surface area contributed by atoms with Crippen molar-refractivity contribution < 1.29 is 13.9 Å². The zero-order chi connectivity index (χ0) is 17.6. The molecule has 0 saturated heterocycles. The highest BCUT2D eigenvalue weighted by atomic mass is 16.5. The Morgan fingerprint density at radius 1 is 1.16 bits per heavy atom. The van der Waals surface area contributed by atoms with Crippen molar-refractivity contribution in [2.45, 2.75) is 19.8 Å². The van der Waals surface area contributed by atoms with Crippen LogP contribution in [0.15, 0.2) is 51.7 Å². The lowest BCUT2D eigenvalue weighted by Crippen LogP contribution is -2.27. The Kier molecular flexibility index (Phi) is 5.18. The van der Waals surface area contributed by atoms with E-state index >= 15 is 0 Å². The second-order valence-corrected chi connectivity index (χ2v) is 5.70. The molecule has 0 saturated carbocycles. The quantitative estimate of drug-likeness (QED) is 0.692. The van der Waals surface area contributed by atoms with Gasteiger partial charge in [-0.15, -0.1) is 0 Å². The van der Waals surface area contributed by atoms with Crippen LogP contribution in [0.5, 0.6) is 5.75 Å². The van der Waals surface area contributed by atoms with E-state index in [1.165, 1.54) is 0 Å². The van der Waals surface area contributed by atoms with Crippen LogP contribution in [0, 0.1) is 0 Å². The minimum absolute atomic E-state index is 0.0260. The number of hydrogen-bond donors (Lipinski definition) is 2. The van der Waals surface area contributed by atoms with Gasteiger partial charge in [0.2, 0.25) is 5.91 Å². The van der Waals surface area contributed by atoms with E-state index in [-0.39, 0.29) is 5.91 Å². The number of oxazole rings is 1. The number of fused-ring (bicyclic) bond motifs is 1. The van der Waals surface area contributed by atoms with Crippen LogP contribution < -0.4 is 15.8 Å². The van der Waals surface area contributed by atoms with Crippen molar-refractivity contribution in [1.82, 2.24) is 10.3 Å². The minimum Gasteiger partial charge on any atom is -0.494 e. The van der Waals surface area contributed by atoms with Crippen molar-refractivity contribution >= 4 is 17.0 Å². The summed E-state index contributed by atoms with van der Waals surface area (Å²) in [6.07, 6.45) is 1.01. The summed E-state index contributed by atoms with van der Waals surface area (Å²) in [7, 11) is 0. The number of carbonyl (C=O) groups is 1. The molecule has 0 unspecified atom stereocenters. The lowest BCUT2D eigenvalue weighted by atomic mass is 10.1. The molecule has 0 aliphatic rings. The fourth-order valence-corrected chi connectivity index (χ4v) is 2.62. The Balaban J connectivity index is 1.48. The SMILES string of the molecule is CCOc1ccc(CC(=O)NCCc2ccc3oc(=O)[nH]c3c2)cc1. The summed E-state index contributed by atoms with van der Waals surface area (Å²) in [5.41, 5.74) is 3.17. The average Bonchev–Trinajstić information content (AvgIpc) is 2.96. The van der Waals surface area contributed by atoms with Crippen LogP contribution in [0.2, 0.25) is 0 Å². The van der Waals surface area contributed by atoms with E-state index in [0.717, 1.165) is 16.9 Å². The predicted octanol–water partition coefficient (Wildman–Crippen LogP) is 2.42. The van der Waals surface area contributed by atoms with Gasteiger partial charge in [-0.25, -0.2) is 4.79 Å². The number of rotatable bonds is 7. The molecular weight excluding hydrogens is 320 g/mol. The van der Waals surface area contributed by atoms with Gasteiger partial charge in [0.25, 0.3) is 0 Å². The Hall–Kier alpha value is -3.02. The van der Waals surface area contributed by atoms with Crippen LogP contribution in [0.1, 0.15) is 18.1 Å². The van der Waals surface area contributed by atoms with Gasteiger partial charge in [-0.1, -0.05) is 18.2 Å². The van der Waals surface area contributed by atoms with Crippen LogP contribution in [0.25, 0.3) is 11.1 Å². The smallest absolute Gasteiger partial charge is 0.417 e. The van der Waals surface area contributed by atoms with Gasteiger partial charge in [-0.05, 0) is 48.7 Å². The molecule has 0 atom stereocenters. The largest absolute Gasteiger partial charge is 0.494 e. The van der Waals surface area contributed by atoms with Crippen LogP contribution in [0.4, 0.5) is 0 Å². The first-order valence-electron chi connectivity index (χ1n) is 8.24. The Bertz CT molecular complexity index is 909. The van der Waals surface area contributed by atoms with Crippen molar-refractivity contribution in [2.75, 3.05) is 13.2 Å². The maximum Gasteiger partial charge on any atom is 0.417 e. The topological polar surface area (TPSA) is 84.3 Å². The van der Waals surface area contributed by atoms with Gasteiger partial charge < -0.3 is 14.5 Å². The minimum atomic E-state index is -0.462. The van der Waals surface area contributed by atoms with Gasteiger partial charge in [0, 0.05) is 6.54 Å². The van der Waals surface area contributed by atoms with Crippen LogP contribution in [-0.2, 0) is 17.6 Å². The van der Waals surface area contributed by atoms with Crippen molar-refractivity contribution in [3.05, 3.63) is 64.1 Å². The fourth-order valence-electron chi connectivity index (χ4n) is 2.62. The highest BCUT2D eigenvalue weighted by Crippen LogP contribution is 2.13. The molecular formula is C19H20N2O4. The maximum atomic E-state index is 12.0. The summed E-state index contributed by atoms with van der Waals surface area (Å²) in [6.45, 7) is 3.09. The molecule has 0 radical (unpaired) electrons. The number of H-pyrrole nitrogens is 1. The fraction of sp³-hybridized carbons (Fsp3) is 0.263. The highest BCUT2D eigenvalue weighted by Gasteiger charge is 2.05. The van der Waals surface area contributed by atoms with E-state index in [0.29, 0.717) is 37.1 Å². The number of ether oxygens (including phenoxy) is 1. The summed E-state index contributed by atoms with van der Waals surface area (Å²) in [6, 6.07) is 13.0. The zero-order valence-corrected chi connectivity index (χ0v) is 14.0. The predicted molar refractivity (Wildman–Crippen MR) is 94.9 cm³/mol. The van der Waals surface area contributed by atoms with E-state index < -0.39 is 5.76 Å². The molecule has 3 aromatic rings. The third-order valence-electron chi connectivity index (χ3n) is 3.82. The molecule has 0 spiro atoms. The maximum absolute atomic E-state index is 12.0. The average molecular weight is 340 g/mol. The van der Waals surface area contributed by atoms with Crippen molar-refractivity contribution in [2.24, 2.45) is 0 Å². The molecule has 6 heteroatoms. The Labute approximate surface area is 144 Å². The Morgan fingerprint density at radius 2 is 1.92 bits per heavy atom. The molecule has 6 nitrogen and oxygen atoms in total. The number of carbonyl (C=O) groups excluding carboxylic acids is 1. The third-order valence-corrected chi connectivity index (χ3v) is 3.82. The van der Waals surface area contributed by atoms with Gasteiger partial charge >= 0.3 is 5.76 Å². The van der Waals surface area contributed by atoms with Crippen molar-refractivity contribution in [3.8, 4) is 5.75 Å². The van der Waals surface area contributed by atoms with E-state index in [1.807, 2.05) is 43.3 Å². The van der Waals surface area contributed by atoms with E-state index in [4.69, 9.17) is 9.15 Å². The monoisotopic (exact) mass is 340 g/mol. The summed E-state index contributed by atoms with van der Waals surface area (Å²) < 4.78 is 10.3. The van der Waals surface area contributed by atoms with Gasteiger partial charge in [-0.2, -0.15) is 0 Å². The molecule has 1 heterocycles. The lowest BCUT2D eigenvalue weighted by molar-refractivity contribution is -0.120. The molecule has 1 amide bonds. The van der Waals surface area contributed by atoms with Crippen molar-refractivity contribution in [3.63, 3.8) is 0 Å². The van der Waals surface area contributed by atoms with E-state index in [9.17, 15) is 9.59 Å². The van der Waals surface area contributed by atoms with Crippen molar-refractivity contribution in [1.29, 1.82) is 0 Å². The first-order valence-corrected chi connectivity index (χ1v) is 8.24.